The van der Waals surface area contributed by atoms with Gasteiger partial charge in [0.15, 0.2) is 11.6 Å². The van der Waals surface area contributed by atoms with Gasteiger partial charge in [-0.1, -0.05) is 30.3 Å². The van der Waals surface area contributed by atoms with Crippen molar-refractivity contribution in [2.75, 3.05) is 20.6 Å². The predicted octanol–water partition coefficient (Wildman–Crippen LogP) is 0.116. The smallest absolute Gasteiger partial charge is 0.408 e. The van der Waals surface area contributed by atoms with E-state index in [4.69, 9.17) is 9.84 Å². The molecule has 0 saturated carbocycles. The summed E-state index contributed by atoms with van der Waals surface area (Å²) in [7, 11) is 3.79. The molecule has 1 aromatic heterocycles. The van der Waals surface area contributed by atoms with Crippen LogP contribution in [0, 0.1) is 0 Å². The van der Waals surface area contributed by atoms with Crippen molar-refractivity contribution in [2.24, 2.45) is 0 Å². The van der Waals surface area contributed by atoms with E-state index in [0.717, 1.165) is 5.56 Å². The van der Waals surface area contributed by atoms with E-state index in [1.165, 1.54) is 4.68 Å². The molecular weight excluding hydrogens is 380 g/mol. The van der Waals surface area contributed by atoms with E-state index in [1.54, 1.807) is 24.3 Å². The number of amides is 1. The zero-order valence-electron chi connectivity index (χ0n) is 16.3. The lowest BCUT2D eigenvalue weighted by molar-refractivity contribution is -0.139. The van der Waals surface area contributed by atoms with Crippen molar-refractivity contribution < 1.29 is 24.2 Å². The first kappa shape index (κ1) is 22.0. The number of rotatable bonds is 11. The fourth-order valence-electron chi connectivity index (χ4n) is 2.43. The van der Waals surface area contributed by atoms with Crippen molar-refractivity contribution >= 4 is 17.8 Å². The fourth-order valence-corrected chi connectivity index (χ4v) is 2.43. The van der Waals surface area contributed by atoms with E-state index in [-0.39, 0.29) is 13.2 Å². The Balaban J connectivity index is 1.96. The van der Waals surface area contributed by atoms with E-state index in [1.807, 2.05) is 25.1 Å². The van der Waals surface area contributed by atoms with Gasteiger partial charge >= 0.3 is 12.1 Å². The zero-order chi connectivity index (χ0) is 21.2. The number of tetrazole rings is 1. The number of carbonyl (C=O) groups is 3. The van der Waals surface area contributed by atoms with Gasteiger partial charge in [-0.2, -0.15) is 0 Å². The molecule has 0 saturated heterocycles. The van der Waals surface area contributed by atoms with Crippen LogP contribution in [0.3, 0.4) is 0 Å². The standard InChI is InChI=1S/C18H24N6O5/c1-23(2)9-8-16-20-21-22-24(16)11-15(25)14(10-17(26)27)19-18(28)29-12-13-6-4-3-5-7-13/h3-7,14H,8-12H2,1-2H3,(H,19,28)(H,26,27). The maximum atomic E-state index is 12.6. The molecule has 29 heavy (non-hydrogen) atoms. The number of likely N-dealkylation sites (N-methyl/N-ethyl adjacent to an activating group) is 1. The second kappa shape index (κ2) is 10.9. The second-order valence-corrected chi connectivity index (χ2v) is 6.63. The molecule has 1 unspecified atom stereocenters. The molecule has 0 aliphatic heterocycles. The minimum atomic E-state index is -1.26. The fraction of sp³-hybridized carbons (Fsp3) is 0.444. The van der Waals surface area contributed by atoms with Crippen molar-refractivity contribution in [2.45, 2.75) is 32.0 Å². The molecule has 2 N–H and O–H groups in total. The average molecular weight is 404 g/mol. The van der Waals surface area contributed by atoms with Crippen LogP contribution in [0.1, 0.15) is 17.8 Å². The van der Waals surface area contributed by atoms with Crippen LogP contribution >= 0.6 is 0 Å². The molecule has 1 heterocycles. The summed E-state index contributed by atoms with van der Waals surface area (Å²) in [5, 5.41) is 22.6. The molecule has 0 spiro atoms. The minimum absolute atomic E-state index is 0.00232. The monoisotopic (exact) mass is 404 g/mol. The molecule has 2 rings (SSSR count). The van der Waals surface area contributed by atoms with Gasteiger partial charge in [0.05, 0.1) is 6.42 Å². The van der Waals surface area contributed by atoms with Crippen molar-refractivity contribution in [1.82, 2.24) is 30.4 Å². The highest BCUT2D eigenvalue weighted by molar-refractivity contribution is 5.90. The number of carbonyl (C=O) groups excluding carboxylic acids is 2. The van der Waals surface area contributed by atoms with Crippen LogP contribution in [-0.4, -0.2) is 74.7 Å². The van der Waals surface area contributed by atoms with Gasteiger partial charge in [0, 0.05) is 13.0 Å². The van der Waals surface area contributed by atoms with Crippen molar-refractivity contribution in [3.8, 4) is 0 Å². The molecule has 1 atom stereocenters. The third-order valence-corrected chi connectivity index (χ3v) is 3.97. The van der Waals surface area contributed by atoms with Crippen LogP contribution in [0.15, 0.2) is 30.3 Å². The summed E-state index contributed by atoms with van der Waals surface area (Å²) in [4.78, 5) is 37.7. The number of benzene rings is 1. The number of nitrogens with zero attached hydrogens (tertiary/aromatic N) is 5. The molecular formula is C18H24N6O5. The van der Waals surface area contributed by atoms with Crippen molar-refractivity contribution in [1.29, 1.82) is 0 Å². The molecule has 2 aromatic rings. The number of carboxylic acids is 1. The first-order valence-electron chi connectivity index (χ1n) is 8.96. The van der Waals surface area contributed by atoms with Gasteiger partial charge in [-0.3, -0.25) is 9.59 Å². The lowest BCUT2D eigenvalue weighted by Gasteiger charge is -2.16. The van der Waals surface area contributed by atoms with Crippen molar-refractivity contribution in [3.05, 3.63) is 41.7 Å². The van der Waals surface area contributed by atoms with Gasteiger partial charge in [-0.25, -0.2) is 9.48 Å². The largest absolute Gasteiger partial charge is 0.481 e. The second-order valence-electron chi connectivity index (χ2n) is 6.63. The first-order chi connectivity index (χ1) is 13.8. The SMILES string of the molecule is CN(C)CCc1nnnn1CC(=O)C(CC(=O)O)NC(=O)OCc1ccccc1. The lowest BCUT2D eigenvalue weighted by Crippen LogP contribution is -2.44. The summed E-state index contributed by atoms with van der Waals surface area (Å²) in [5.74, 6) is -1.27. The van der Waals surface area contributed by atoms with Gasteiger partial charge < -0.3 is 20.1 Å². The number of ketones is 1. The Bertz CT molecular complexity index is 823. The Labute approximate surface area is 167 Å². The number of aliphatic carboxylic acids is 1. The van der Waals surface area contributed by atoms with Gasteiger partial charge in [0.25, 0.3) is 0 Å². The summed E-state index contributed by atoms with van der Waals surface area (Å²) < 4.78 is 6.37. The number of alkyl carbamates (subject to hydrolysis) is 1. The molecule has 0 radical (unpaired) electrons. The number of hydrogen-bond acceptors (Lipinski definition) is 8. The maximum absolute atomic E-state index is 12.6. The Kier molecular flexibility index (Phi) is 8.22. The predicted molar refractivity (Wildman–Crippen MR) is 101 cm³/mol. The Morgan fingerprint density at radius 3 is 2.62 bits per heavy atom. The Morgan fingerprint density at radius 2 is 1.97 bits per heavy atom. The summed E-state index contributed by atoms with van der Waals surface area (Å²) in [6.07, 6.45) is -0.935. The number of Topliss-reactive ketones (excluding diaryl/α,β-unsaturated/α-hetero) is 1. The molecule has 156 valence electrons. The number of ether oxygens (including phenoxy) is 1. The molecule has 1 amide bonds. The van der Waals surface area contributed by atoms with E-state index < -0.39 is 30.3 Å². The van der Waals surface area contributed by atoms with Crippen LogP contribution in [0.25, 0.3) is 0 Å². The molecule has 0 bridgehead atoms. The van der Waals surface area contributed by atoms with E-state index >= 15 is 0 Å². The third-order valence-electron chi connectivity index (χ3n) is 3.97. The molecule has 0 aliphatic carbocycles. The van der Waals surface area contributed by atoms with Crippen LogP contribution < -0.4 is 5.32 Å². The van der Waals surface area contributed by atoms with Gasteiger partial charge in [0.1, 0.15) is 19.2 Å². The van der Waals surface area contributed by atoms with Crippen LogP contribution in [0.5, 0.6) is 0 Å². The minimum Gasteiger partial charge on any atom is -0.481 e. The number of nitrogens with one attached hydrogen (secondary N) is 1. The number of hydrogen-bond donors (Lipinski definition) is 2. The molecule has 0 aliphatic rings. The summed E-state index contributed by atoms with van der Waals surface area (Å²) in [5.41, 5.74) is 0.767. The third kappa shape index (κ3) is 7.66. The summed E-state index contributed by atoms with van der Waals surface area (Å²) in [6.45, 7) is 0.423. The highest BCUT2D eigenvalue weighted by atomic mass is 16.5. The van der Waals surface area contributed by atoms with Gasteiger partial charge in [-0.05, 0) is 30.1 Å². The van der Waals surface area contributed by atoms with Crippen LogP contribution in [0.2, 0.25) is 0 Å². The Morgan fingerprint density at radius 1 is 1.24 bits per heavy atom. The number of carboxylic acid groups (broad SMARTS) is 1. The Hall–Kier alpha value is -3.34. The summed E-state index contributed by atoms with van der Waals surface area (Å²) in [6, 6.07) is 7.72. The average Bonchev–Trinajstić information content (AvgIpc) is 3.11. The lowest BCUT2D eigenvalue weighted by atomic mass is 10.1. The van der Waals surface area contributed by atoms with Crippen molar-refractivity contribution in [3.63, 3.8) is 0 Å². The molecule has 11 nitrogen and oxygen atoms in total. The molecule has 0 fully saturated rings. The maximum Gasteiger partial charge on any atom is 0.408 e. The highest BCUT2D eigenvalue weighted by Crippen LogP contribution is 2.04. The number of aromatic nitrogens is 4. The summed E-state index contributed by atoms with van der Waals surface area (Å²) >= 11 is 0. The van der Waals surface area contributed by atoms with Gasteiger partial charge in [-0.15, -0.1) is 5.10 Å². The van der Waals surface area contributed by atoms with Crippen LogP contribution in [-0.2, 0) is 33.9 Å². The highest BCUT2D eigenvalue weighted by Gasteiger charge is 2.25. The topological polar surface area (TPSA) is 140 Å². The van der Waals surface area contributed by atoms with Gasteiger partial charge in [0.2, 0.25) is 0 Å². The normalized spacial score (nSPS) is 11.8. The zero-order valence-corrected chi connectivity index (χ0v) is 16.3. The quantitative estimate of drug-likeness (QED) is 0.534. The first-order valence-corrected chi connectivity index (χ1v) is 8.96. The van der Waals surface area contributed by atoms with E-state index in [9.17, 15) is 14.4 Å². The molecule has 1 aromatic carbocycles. The van der Waals surface area contributed by atoms with E-state index in [0.29, 0.717) is 18.8 Å². The van der Waals surface area contributed by atoms with Crippen LogP contribution in [0.4, 0.5) is 4.79 Å². The molecule has 11 heteroatoms. The van der Waals surface area contributed by atoms with E-state index in [2.05, 4.69) is 20.8 Å².